The van der Waals surface area contributed by atoms with Gasteiger partial charge in [-0.25, -0.2) is 14.6 Å². The summed E-state index contributed by atoms with van der Waals surface area (Å²) in [5.74, 6) is -2.99. The van der Waals surface area contributed by atoms with Crippen LogP contribution in [0.1, 0.15) is 23.3 Å². The fourth-order valence-corrected chi connectivity index (χ4v) is 3.43. The first-order valence-electron chi connectivity index (χ1n) is 8.56. The van der Waals surface area contributed by atoms with Crippen molar-refractivity contribution in [1.29, 1.82) is 0 Å². The number of carbonyl (C=O) groups is 2. The van der Waals surface area contributed by atoms with Crippen LogP contribution >= 0.6 is 23.2 Å². The number of nitrogens with zero attached hydrogens (tertiary/aromatic N) is 1. The van der Waals surface area contributed by atoms with Crippen molar-refractivity contribution >= 4 is 41.1 Å². The summed E-state index contributed by atoms with van der Waals surface area (Å²) < 4.78 is 4.99. The Labute approximate surface area is 176 Å². The van der Waals surface area contributed by atoms with Crippen LogP contribution in [0.4, 0.5) is 0 Å². The first kappa shape index (κ1) is 20.9. The Balaban J connectivity index is 1.79. The largest absolute Gasteiger partial charge is 0.473 e. The minimum atomic E-state index is -1.74. The molecule has 1 aliphatic heterocycles. The van der Waals surface area contributed by atoms with E-state index in [-0.39, 0.29) is 22.5 Å². The number of benzene rings is 2. The molecule has 8 nitrogen and oxygen atoms in total. The molecule has 0 aromatic heterocycles. The van der Waals surface area contributed by atoms with Gasteiger partial charge in [0.2, 0.25) is 6.23 Å². The molecule has 2 aromatic rings. The van der Waals surface area contributed by atoms with E-state index in [2.05, 4.69) is 15.6 Å². The number of carboxylic acids is 1. The van der Waals surface area contributed by atoms with Crippen LogP contribution in [0.15, 0.2) is 53.5 Å². The molecule has 3 atom stereocenters. The Morgan fingerprint density at radius 1 is 1.14 bits per heavy atom. The molecule has 0 fully saturated rings. The van der Waals surface area contributed by atoms with Gasteiger partial charge in [-0.1, -0.05) is 59.6 Å². The quantitative estimate of drug-likeness (QED) is 0.418. The fourth-order valence-electron chi connectivity index (χ4n) is 2.81. The molecule has 0 aliphatic carbocycles. The number of carboxylic acid groups (broad SMARTS) is 1. The maximum Gasteiger partial charge on any atom is 0.419 e. The van der Waals surface area contributed by atoms with Crippen LogP contribution in [-0.4, -0.2) is 40.9 Å². The molecule has 0 radical (unpaired) electrons. The maximum absolute atomic E-state index is 11.6. The minimum Gasteiger partial charge on any atom is -0.473 e. The summed E-state index contributed by atoms with van der Waals surface area (Å²) in [6.07, 6.45) is -1.96. The summed E-state index contributed by atoms with van der Waals surface area (Å²) in [7, 11) is 0. The molecule has 29 heavy (non-hydrogen) atoms. The summed E-state index contributed by atoms with van der Waals surface area (Å²) in [6, 6.07) is 13.0. The molecule has 1 aliphatic rings. The van der Waals surface area contributed by atoms with Crippen molar-refractivity contribution in [2.75, 3.05) is 6.54 Å². The predicted molar refractivity (Wildman–Crippen MR) is 107 cm³/mol. The topological polar surface area (TPSA) is 120 Å². The molecule has 0 amide bonds. The molecular weight excluding hydrogens is 421 g/mol. The summed E-state index contributed by atoms with van der Waals surface area (Å²) >= 11 is 12.5. The maximum atomic E-state index is 11.6. The van der Waals surface area contributed by atoms with E-state index < -0.39 is 30.3 Å². The zero-order chi connectivity index (χ0) is 21.0. The van der Waals surface area contributed by atoms with Crippen molar-refractivity contribution in [2.45, 2.75) is 18.4 Å². The van der Waals surface area contributed by atoms with Crippen molar-refractivity contribution in [1.82, 2.24) is 10.6 Å². The zero-order valence-corrected chi connectivity index (χ0v) is 16.4. The number of esters is 1. The van der Waals surface area contributed by atoms with Gasteiger partial charge in [-0.3, -0.25) is 0 Å². The number of nitrogens with one attached hydrogen (secondary N) is 2. The van der Waals surface area contributed by atoms with Crippen molar-refractivity contribution in [3.8, 4) is 0 Å². The van der Waals surface area contributed by atoms with E-state index in [9.17, 15) is 14.7 Å². The number of guanidine groups is 1. The molecule has 10 heteroatoms. The lowest BCUT2D eigenvalue weighted by Crippen LogP contribution is -2.43. The number of aliphatic imine (C=N–C) groups is 1. The van der Waals surface area contributed by atoms with Crippen LogP contribution in [0.2, 0.25) is 10.0 Å². The van der Waals surface area contributed by atoms with E-state index >= 15 is 0 Å². The monoisotopic (exact) mass is 437 g/mol. The van der Waals surface area contributed by atoms with Gasteiger partial charge in [0.15, 0.2) is 5.96 Å². The third-order valence-corrected chi connectivity index (χ3v) is 4.84. The van der Waals surface area contributed by atoms with Gasteiger partial charge in [0, 0.05) is 22.2 Å². The lowest BCUT2D eigenvalue weighted by Gasteiger charge is -2.20. The SMILES string of the molecule is O=C(O)C(=O)OC1NC(NCC(O)c2ccccc2)=NC1c1c(Cl)cccc1Cl. The van der Waals surface area contributed by atoms with E-state index in [1.807, 2.05) is 6.07 Å². The van der Waals surface area contributed by atoms with Gasteiger partial charge in [0.25, 0.3) is 0 Å². The number of aliphatic hydroxyl groups excluding tert-OH is 1. The molecule has 0 spiro atoms. The molecule has 1 heterocycles. The van der Waals surface area contributed by atoms with Crippen molar-refractivity contribution < 1.29 is 24.5 Å². The third kappa shape index (κ3) is 4.97. The summed E-state index contributed by atoms with van der Waals surface area (Å²) in [4.78, 5) is 26.8. The van der Waals surface area contributed by atoms with Gasteiger partial charge in [0.1, 0.15) is 6.04 Å². The van der Waals surface area contributed by atoms with E-state index in [0.29, 0.717) is 11.1 Å². The molecule has 3 unspecified atom stereocenters. The third-order valence-electron chi connectivity index (χ3n) is 4.19. The van der Waals surface area contributed by atoms with Gasteiger partial charge in [-0.15, -0.1) is 0 Å². The smallest absolute Gasteiger partial charge is 0.419 e. The number of aliphatic carboxylic acids is 1. The van der Waals surface area contributed by atoms with Gasteiger partial charge in [-0.2, -0.15) is 0 Å². The number of rotatable bonds is 5. The van der Waals surface area contributed by atoms with Crippen molar-refractivity contribution in [3.63, 3.8) is 0 Å². The van der Waals surface area contributed by atoms with Crippen LogP contribution in [0.5, 0.6) is 0 Å². The zero-order valence-electron chi connectivity index (χ0n) is 14.9. The average Bonchev–Trinajstić information content (AvgIpc) is 3.09. The van der Waals surface area contributed by atoms with Crippen molar-refractivity contribution in [2.24, 2.45) is 4.99 Å². The van der Waals surface area contributed by atoms with Gasteiger partial charge in [-0.05, 0) is 17.7 Å². The first-order valence-corrected chi connectivity index (χ1v) is 9.31. The molecule has 2 aromatic carbocycles. The lowest BCUT2D eigenvalue weighted by atomic mass is 10.1. The normalized spacial score (nSPS) is 19.1. The summed E-state index contributed by atoms with van der Waals surface area (Å²) in [5, 5.41) is 25.4. The van der Waals surface area contributed by atoms with Crippen molar-refractivity contribution in [3.05, 3.63) is 69.7 Å². The predicted octanol–water partition coefficient (Wildman–Crippen LogP) is 2.27. The van der Waals surface area contributed by atoms with E-state index in [1.54, 1.807) is 42.5 Å². The summed E-state index contributed by atoms with van der Waals surface area (Å²) in [6.45, 7) is 0.110. The van der Waals surface area contributed by atoms with Crippen LogP contribution in [0, 0.1) is 0 Å². The highest BCUT2D eigenvalue weighted by Gasteiger charge is 2.37. The van der Waals surface area contributed by atoms with Gasteiger partial charge < -0.3 is 25.6 Å². The molecule has 0 saturated heterocycles. The van der Waals surface area contributed by atoms with E-state index in [0.717, 1.165) is 0 Å². The Bertz CT molecular complexity index is 918. The Hall–Kier alpha value is -2.81. The second-order valence-electron chi connectivity index (χ2n) is 6.14. The molecule has 0 bridgehead atoms. The summed E-state index contributed by atoms with van der Waals surface area (Å²) in [5.41, 5.74) is 1.09. The number of aliphatic hydroxyl groups is 1. The van der Waals surface area contributed by atoms with Gasteiger partial charge >= 0.3 is 11.9 Å². The van der Waals surface area contributed by atoms with E-state index in [1.165, 1.54) is 0 Å². The van der Waals surface area contributed by atoms with Gasteiger partial charge in [0.05, 0.1) is 6.10 Å². The number of halogens is 2. The number of hydrogen-bond donors (Lipinski definition) is 4. The highest BCUT2D eigenvalue weighted by atomic mass is 35.5. The second kappa shape index (κ2) is 9.13. The highest BCUT2D eigenvalue weighted by Crippen LogP contribution is 2.36. The van der Waals surface area contributed by atoms with Crippen LogP contribution in [0.25, 0.3) is 0 Å². The molecule has 0 saturated carbocycles. The number of carbonyl (C=O) groups excluding carboxylic acids is 1. The second-order valence-corrected chi connectivity index (χ2v) is 6.96. The van der Waals surface area contributed by atoms with E-state index in [4.69, 9.17) is 33.0 Å². The Kier molecular flexibility index (Phi) is 6.58. The molecule has 152 valence electrons. The first-order chi connectivity index (χ1) is 13.9. The molecular formula is C19H17Cl2N3O5. The van der Waals surface area contributed by atoms with Crippen LogP contribution in [0.3, 0.4) is 0 Å². The molecule has 3 rings (SSSR count). The number of hydrogen-bond acceptors (Lipinski definition) is 7. The number of ether oxygens (including phenoxy) is 1. The standard InChI is InChI=1S/C19H17Cl2N3O5/c20-11-7-4-8-12(21)14(11)15-16(29-18(28)17(26)27)24-19(23-15)22-9-13(25)10-5-2-1-3-6-10/h1-8,13,15-16,25H,9H2,(H,26,27)(H2,22,23,24). The van der Waals surface area contributed by atoms with Crippen LogP contribution in [-0.2, 0) is 14.3 Å². The average molecular weight is 438 g/mol. The lowest BCUT2D eigenvalue weighted by molar-refractivity contribution is -0.168. The minimum absolute atomic E-state index is 0.110. The molecule has 4 N–H and O–H groups in total. The fraction of sp³-hybridized carbons (Fsp3) is 0.211. The van der Waals surface area contributed by atoms with Crippen LogP contribution < -0.4 is 10.6 Å². The highest BCUT2D eigenvalue weighted by molar-refractivity contribution is 6.36. The Morgan fingerprint density at radius 2 is 1.79 bits per heavy atom. The Morgan fingerprint density at radius 3 is 2.41 bits per heavy atom.